The molecule has 6 fully saturated rings. The molecule has 1 amide bonds. The van der Waals surface area contributed by atoms with Gasteiger partial charge in [-0.15, -0.1) is 0 Å². The number of amides is 1. The largest absolute Gasteiger partial charge is 0.417 e. The van der Waals surface area contributed by atoms with Crippen molar-refractivity contribution in [2.75, 3.05) is 11.4 Å². The first-order valence-corrected chi connectivity index (χ1v) is 15.3. The number of anilines is 1. The molecule has 3 aromatic heterocycles. The van der Waals surface area contributed by atoms with Gasteiger partial charge >= 0.3 is 5.76 Å². The average molecular weight is 586 g/mol. The van der Waals surface area contributed by atoms with Crippen LogP contribution in [-0.4, -0.2) is 38.2 Å². The van der Waals surface area contributed by atoms with Crippen LogP contribution >= 0.6 is 0 Å². The first kappa shape index (κ1) is 26.8. The molecule has 0 atom stereocenters. The number of halogens is 1. The van der Waals surface area contributed by atoms with Gasteiger partial charge in [0.25, 0.3) is 0 Å². The Morgan fingerprint density at radius 3 is 2.37 bits per heavy atom. The third-order valence-corrected chi connectivity index (χ3v) is 10.9. The summed E-state index contributed by atoms with van der Waals surface area (Å²) in [6.45, 7) is 6.80. The lowest BCUT2D eigenvalue weighted by molar-refractivity contribution is -0.211. The second-order valence-electron chi connectivity index (χ2n) is 14.9. The van der Waals surface area contributed by atoms with Gasteiger partial charge in [0.05, 0.1) is 10.9 Å². The Hall–Kier alpha value is -3.82. The van der Waals surface area contributed by atoms with Gasteiger partial charge in [0.1, 0.15) is 11.5 Å². The van der Waals surface area contributed by atoms with Gasteiger partial charge in [0.15, 0.2) is 11.4 Å². The van der Waals surface area contributed by atoms with Gasteiger partial charge in [-0.25, -0.2) is 14.2 Å². The first-order valence-electron chi connectivity index (χ1n) is 15.3. The van der Waals surface area contributed by atoms with E-state index >= 15 is 0 Å². The minimum atomic E-state index is -1.17. The van der Waals surface area contributed by atoms with Crippen LogP contribution in [0.2, 0.25) is 0 Å². The maximum atomic E-state index is 14.6. The zero-order valence-electron chi connectivity index (χ0n) is 24.8. The summed E-state index contributed by atoms with van der Waals surface area (Å²) in [6.07, 6.45) is 8.36. The Bertz CT molecular complexity index is 1790. The van der Waals surface area contributed by atoms with Crippen LogP contribution in [0, 0.1) is 10.8 Å². The maximum Gasteiger partial charge on any atom is 0.417 e. The normalized spacial score (nSPS) is 31.1. The minimum Gasteiger partial charge on any atom is -0.408 e. The van der Waals surface area contributed by atoms with Gasteiger partial charge in [-0.1, -0.05) is 32.0 Å². The molecule has 3 heterocycles. The summed E-state index contributed by atoms with van der Waals surface area (Å²) < 4.78 is 25.6. The fraction of sp³-hybridized carbons (Fsp3) is 0.545. The number of nitrogens with one attached hydrogen (secondary N) is 1. The highest BCUT2D eigenvalue weighted by Gasteiger charge is 2.73. The molecule has 4 bridgehead atoms. The summed E-state index contributed by atoms with van der Waals surface area (Å²) in [7, 11) is 0. The van der Waals surface area contributed by atoms with Gasteiger partial charge in [-0.3, -0.25) is 14.7 Å². The number of hydrogen-bond donors (Lipinski definition) is 1. The predicted molar refractivity (Wildman–Crippen MR) is 157 cm³/mol. The van der Waals surface area contributed by atoms with E-state index in [0.29, 0.717) is 48.6 Å². The molecule has 4 aromatic rings. The molecule has 10 rings (SSSR count). The van der Waals surface area contributed by atoms with Crippen molar-refractivity contribution >= 4 is 22.8 Å². The number of aromatic nitrogens is 4. The van der Waals surface area contributed by atoms with Gasteiger partial charge in [-0.05, 0) is 98.6 Å². The average Bonchev–Trinajstić information content (AvgIpc) is 3.61. The SMILES string of the molecule is CC(C)(C)c1nc(C23CCC(CN(C(=O)C45CC(F)(C4)C5)c4cc(-c5ccc6[nH]c(=O)oc6c5)ccn4)(CC2)CC3)no1. The Kier molecular flexibility index (Phi) is 5.38. The second kappa shape index (κ2) is 8.64. The topological polar surface area (TPSA) is 118 Å². The molecule has 0 aliphatic heterocycles. The van der Waals surface area contributed by atoms with Crippen molar-refractivity contribution in [3.8, 4) is 11.1 Å². The number of rotatable bonds is 6. The van der Waals surface area contributed by atoms with Crippen molar-refractivity contribution in [2.24, 2.45) is 10.8 Å². The van der Waals surface area contributed by atoms with E-state index in [0.717, 1.165) is 55.5 Å². The minimum absolute atomic E-state index is 0.00599. The molecule has 6 saturated carbocycles. The summed E-state index contributed by atoms with van der Waals surface area (Å²) in [6, 6.07) is 9.36. The summed E-state index contributed by atoms with van der Waals surface area (Å²) in [5.41, 5.74) is 0.712. The number of oxazole rings is 1. The van der Waals surface area contributed by atoms with Crippen molar-refractivity contribution < 1.29 is 18.1 Å². The number of aromatic amines is 1. The van der Waals surface area contributed by atoms with E-state index in [1.165, 1.54) is 0 Å². The molecular weight excluding hydrogens is 549 g/mol. The van der Waals surface area contributed by atoms with Crippen LogP contribution in [0.4, 0.5) is 10.2 Å². The molecule has 0 radical (unpaired) electrons. The monoisotopic (exact) mass is 585 g/mol. The Balaban J connectivity index is 1.09. The van der Waals surface area contributed by atoms with Crippen LogP contribution in [0.1, 0.15) is 90.3 Å². The number of benzene rings is 1. The zero-order chi connectivity index (χ0) is 29.8. The quantitative estimate of drug-likeness (QED) is 0.279. The fourth-order valence-corrected chi connectivity index (χ4v) is 8.22. The fourth-order valence-electron chi connectivity index (χ4n) is 8.22. The van der Waals surface area contributed by atoms with Crippen molar-refractivity contribution in [1.82, 2.24) is 20.1 Å². The summed E-state index contributed by atoms with van der Waals surface area (Å²) in [5.74, 6) is 1.57. The number of pyridine rings is 1. The molecule has 9 nitrogen and oxygen atoms in total. The molecule has 43 heavy (non-hydrogen) atoms. The standard InChI is InChI=1S/C33H36FN5O4/c1-29(2,3)26-37-25(38-43-26)31-10-7-30(8-11-31,9-12-31)19-39(27(40)32-16-33(34,17-32)18-32)24-15-21(6-13-35-24)20-4-5-22-23(14-20)42-28(41)36-22/h4-6,13-15H,7-12,16-19H2,1-3H3,(H,36,41). The van der Waals surface area contributed by atoms with Crippen LogP contribution < -0.4 is 10.7 Å². The van der Waals surface area contributed by atoms with Gasteiger partial charge in [-0.2, -0.15) is 4.98 Å². The molecule has 6 aliphatic carbocycles. The smallest absolute Gasteiger partial charge is 0.408 e. The van der Waals surface area contributed by atoms with Crippen molar-refractivity contribution in [3.63, 3.8) is 0 Å². The van der Waals surface area contributed by atoms with Crippen LogP contribution in [0.25, 0.3) is 22.2 Å². The number of H-pyrrole nitrogens is 1. The number of carbonyl (C=O) groups is 1. The van der Waals surface area contributed by atoms with E-state index < -0.39 is 16.8 Å². The molecule has 10 heteroatoms. The lowest BCUT2D eigenvalue weighted by Gasteiger charge is -2.65. The van der Waals surface area contributed by atoms with E-state index in [4.69, 9.17) is 13.9 Å². The van der Waals surface area contributed by atoms with E-state index in [-0.39, 0.29) is 22.2 Å². The second-order valence-corrected chi connectivity index (χ2v) is 14.9. The van der Waals surface area contributed by atoms with Crippen LogP contribution in [0.5, 0.6) is 0 Å². The summed E-state index contributed by atoms with van der Waals surface area (Å²) in [4.78, 5) is 40.0. The molecule has 0 unspecified atom stereocenters. The maximum absolute atomic E-state index is 14.6. The van der Waals surface area contributed by atoms with Gasteiger partial charge in [0.2, 0.25) is 11.8 Å². The highest BCUT2D eigenvalue weighted by Crippen LogP contribution is 2.70. The lowest BCUT2D eigenvalue weighted by atomic mass is 9.41. The third kappa shape index (κ3) is 4.12. The number of fused-ring (bicyclic) bond motifs is 4. The summed E-state index contributed by atoms with van der Waals surface area (Å²) >= 11 is 0. The lowest BCUT2D eigenvalue weighted by Crippen LogP contribution is -2.71. The van der Waals surface area contributed by atoms with E-state index in [2.05, 4.69) is 35.9 Å². The Morgan fingerprint density at radius 1 is 1.02 bits per heavy atom. The van der Waals surface area contributed by atoms with Crippen molar-refractivity contribution in [1.29, 1.82) is 0 Å². The van der Waals surface area contributed by atoms with Crippen LogP contribution in [0.3, 0.4) is 0 Å². The first-order chi connectivity index (χ1) is 20.4. The van der Waals surface area contributed by atoms with Crippen molar-refractivity contribution in [3.05, 3.63) is 58.8 Å². The molecule has 1 aromatic carbocycles. The Morgan fingerprint density at radius 2 is 1.72 bits per heavy atom. The zero-order valence-corrected chi connectivity index (χ0v) is 24.8. The highest BCUT2D eigenvalue weighted by molar-refractivity contribution is 6.00. The number of nitrogens with zero attached hydrogens (tertiary/aromatic N) is 4. The molecule has 1 N–H and O–H groups in total. The molecule has 6 aliphatic rings. The molecule has 0 spiro atoms. The molecule has 0 saturated heterocycles. The third-order valence-electron chi connectivity index (χ3n) is 10.9. The number of hydrogen-bond acceptors (Lipinski definition) is 7. The van der Waals surface area contributed by atoms with E-state index in [1.54, 1.807) is 6.20 Å². The highest BCUT2D eigenvalue weighted by atomic mass is 19.1. The number of alkyl halides is 1. The predicted octanol–water partition coefficient (Wildman–Crippen LogP) is 6.38. The van der Waals surface area contributed by atoms with Gasteiger partial charge in [0, 0.05) is 23.6 Å². The van der Waals surface area contributed by atoms with Crippen molar-refractivity contribution in [2.45, 2.75) is 95.1 Å². The van der Waals surface area contributed by atoms with Crippen LogP contribution in [0.15, 0.2) is 50.3 Å². The van der Waals surface area contributed by atoms with Crippen LogP contribution in [-0.2, 0) is 15.6 Å². The van der Waals surface area contributed by atoms with E-state index in [9.17, 15) is 14.0 Å². The molecule has 224 valence electrons. The number of carbonyl (C=O) groups excluding carboxylic acids is 1. The van der Waals surface area contributed by atoms with Gasteiger partial charge < -0.3 is 8.94 Å². The molecular formula is C33H36FN5O4. The van der Waals surface area contributed by atoms with E-state index in [1.807, 2.05) is 35.2 Å². The Labute approximate surface area is 248 Å². The summed E-state index contributed by atoms with van der Waals surface area (Å²) in [5, 5.41) is 4.43.